The lowest BCUT2D eigenvalue weighted by Crippen LogP contribution is -2.60. The number of nitrogens with one attached hydrogen (secondary N) is 5. The lowest BCUT2D eigenvalue weighted by molar-refractivity contribution is -0.139. The number of aliphatic hydroxyl groups excluding tert-OH is 1. The van der Waals surface area contributed by atoms with Crippen LogP contribution in [0.5, 0.6) is 0 Å². The molecule has 0 aromatic heterocycles. The van der Waals surface area contributed by atoms with Crippen molar-refractivity contribution in [2.45, 2.75) is 166 Å². The Balaban J connectivity index is 5.39. The number of amides is 5. The molecule has 18 nitrogen and oxygen atoms in total. The van der Waals surface area contributed by atoms with Gasteiger partial charge in [-0.25, -0.2) is 5.84 Å². The van der Waals surface area contributed by atoms with Gasteiger partial charge in [0.1, 0.15) is 24.4 Å². The Bertz CT molecular complexity index is 1150. The average molecular weight is 756 g/mol. The predicted octanol–water partition coefficient (Wildman–Crippen LogP) is 0.285. The van der Waals surface area contributed by atoms with Gasteiger partial charge >= 0.3 is 5.97 Å². The number of nitrogens with two attached hydrogens (primary N) is 3. The highest BCUT2D eigenvalue weighted by molar-refractivity contribution is 5.95. The van der Waals surface area contributed by atoms with Gasteiger partial charge in [-0.05, 0) is 32.6 Å². The quantitative estimate of drug-likeness (QED) is 0.00843. The van der Waals surface area contributed by atoms with Gasteiger partial charge in [-0.3, -0.25) is 39.2 Å². The van der Waals surface area contributed by atoms with Crippen LogP contribution in [0.15, 0.2) is 4.99 Å². The molecule has 0 rings (SSSR count). The van der Waals surface area contributed by atoms with Gasteiger partial charge in [-0.2, -0.15) is 0 Å². The van der Waals surface area contributed by atoms with Gasteiger partial charge in [0.25, 0.3) is 0 Å². The number of nitrogens with zero attached hydrogens (tertiary/aromatic N) is 1. The molecule has 0 aliphatic heterocycles. The van der Waals surface area contributed by atoms with Crippen LogP contribution in [-0.4, -0.2) is 94.8 Å². The van der Waals surface area contributed by atoms with E-state index in [1.807, 2.05) is 5.43 Å². The van der Waals surface area contributed by atoms with E-state index in [1.165, 1.54) is 58.3 Å². The molecule has 304 valence electrons. The fourth-order valence-electron chi connectivity index (χ4n) is 5.47. The summed E-state index contributed by atoms with van der Waals surface area (Å²) in [5.41, 5.74) is 12.6. The van der Waals surface area contributed by atoms with Gasteiger partial charge in [0, 0.05) is 19.4 Å². The monoisotopic (exact) mass is 755 g/mol. The maximum absolute atomic E-state index is 13.5. The first-order valence-electron chi connectivity index (χ1n) is 18.9. The minimum atomic E-state index is -1.66. The van der Waals surface area contributed by atoms with E-state index < -0.39 is 79.1 Å². The molecule has 0 aromatic rings. The van der Waals surface area contributed by atoms with E-state index in [2.05, 4.69) is 33.2 Å². The molecule has 0 aromatic carbocycles. The largest absolute Gasteiger partial charge is 0.481 e. The molecule has 18 heteroatoms. The van der Waals surface area contributed by atoms with Crippen LogP contribution >= 0.6 is 0 Å². The van der Waals surface area contributed by atoms with Crippen molar-refractivity contribution in [1.82, 2.24) is 26.7 Å². The van der Waals surface area contributed by atoms with Crippen molar-refractivity contribution in [2.24, 2.45) is 22.3 Å². The first kappa shape index (κ1) is 48.7. The van der Waals surface area contributed by atoms with Crippen LogP contribution in [0.1, 0.15) is 136 Å². The number of hydrogen-bond acceptors (Lipinski definition) is 10. The summed E-state index contributed by atoms with van der Waals surface area (Å²) in [6.07, 6.45) is 12.8. The Morgan fingerprint density at radius 1 is 0.679 bits per heavy atom. The Labute approximate surface area is 313 Å². The highest BCUT2D eigenvalue weighted by Gasteiger charge is 2.33. The molecule has 53 heavy (non-hydrogen) atoms. The van der Waals surface area contributed by atoms with Crippen LogP contribution in [0.25, 0.3) is 0 Å². The second kappa shape index (κ2) is 30.2. The minimum Gasteiger partial charge on any atom is -0.481 e. The fraction of sp³-hybridized carbons (Fsp3) is 0.771. The molecule has 0 spiro atoms. The van der Waals surface area contributed by atoms with E-state index in [0.717, 1.165) is 25.7 Å². The van der Waals surface area contributed by atoms with E-state index in [4.69, 9.17) is 17.3 Å². The summed E-state index contributed by atoms with van der Waals surface area (Å²) in [6, 6.07) is -5.63. The number of carboxylic acid groups (broad SMARTS) is 1. The van der Waals surface area contributed by atoms with Crippen molar-refractivity contribution in [3.8, 4) is 0 Å². The molecule has 0 unspecified atom stereocenters. The summed E-state index contributed by atoms with van der Waals surface area (Å²) < 4.78 is 0. The van der Waals surface area contributed by atoms with Crippen molar-refractivity contribution in [2.75, 3.05) is 6.54 Å². The summed E-state index contributed by atoms with van der Waals surface area (Å²) >= 11 is 0. The molecule has 0 radical (unpaired) electrons. The average Bonchev–Trinajstić information content (AvgIpc) is 3.11. The van der Waals surface area contributed by atoms with Gasteiger partial charge in [0.15, 0.2) is 5.96 Å². The van der Waals surface area contributed by atoms with Crippen LogP contribution in [-0.2, 0) is 33.6 Å². The number of hydrazine groups is 1. The summed E-state index contributed by atoms with van der Waals surface area (Å²) in [4.78, 5) is 90.8. The first-order valence-corrected chi connectivity index (χ1v) is 18.9. The minimum absolute atomic E-state index is 0.0857. The number of aliphatic imine (C=N–C) groups is 1. The summed E-state index contributed by atoms with van der Waals surface area (Å²) in [6.45, 7) is 3.55. The lowest BCUT2D eigenvalue weighted by Gasteiger charge is -2.27. The third kappa shape index (κ3) is 25.3. The van der Waals surface area contributed by atoms with E-state index in [-0.39, 0.29) is 44.0 Å². The lowest BCUT2D eigenvalue weighted by atomic mass is 10.0. The normalized spacial score (nSPS) is 13.7. The maximum atomic E-state index is 13.5. The number of aliphatic hydroxyl groups is 1. The predicted molar refractivity (Wildman–Crippen MR) is 200 cm³/mol. The number of carboxylic acids is 1. The smallest absolute Gasteiger partial charge is 0.303 e. The second-order valence-corrected chi connectivity index (χ2v) is 13.3. The molecule has 0 saturated heterocycles. The zero-order chi connectivity index (χ0) is 40.0. The molecule has 0 bridgehead atoms. The number of guanidine groups is 1. The number of carbonyl (C=O) groups is 7. The number of unbranched alkanes of at least 4 members (excludes halogenated alkanes) is 12. The zero-order valence-electron chi connectivity index (χ0n) is 31.5. The Kier molecular flexibility index (Phi) is 27.7. The molecule has 0 aliphatic carbocycles. The van der Waals surface area contributed by atoms with Crippen molar-refractivity contribution in [3.63, 3.8) is 0 Å². The summed E-state index contributed by atoms with van der Waals surface area (Å²) in [7, 11) is 0. The van der Waals surface area contributed by atoms with Crippen molar-refractivity contribution in [3.05, 3.63) is 0 Å². The molecule has 0 saturated carbocycles. The highest BCUT2D eigenvalue weighted by atomic mass is 16.4. The maximum Gasteiger partial charge on any atom is 0.303 e. The van der Waals surface area contributed by atoms with Gasteiger partial charge in [0.05, 0.1) is 18.6 Å². The fourth-order valence-corrected chi connectivity index (χ4v) is 5.47. The third-order valence-electron chi connectivity index (χ3n) is 8.51. The van der Waals surface area contributed by atoms with Gasteiger partial charge < -0.3 is 47.7 Å². The summed E-state index contributed by atoms with van der Waals surface area (Å²) in [5, 5.41) is 29.2. The SMILES string of the molecule is CCCCCCCCCCCCCCCC(=O)N[C@@H](CCCN=C(N)N)C(=O)N[C@@H](CCC(=O)O)C(=O)N[C@H](C(=O)N[C@H](C=O)CC(=O)NN)[C@@H](C)O. The topological polar surface area (TPSA) is 311 Å². The number of hydrogen-bond donors (Lipinski definition) is 10. The molecule has 0 aliphatic rings. The van der Waals surface area contributed by atoms with E-state index in [1.54, 1.807) is 0 Å². The Morgan fingerprint density at radius 3 is 1.70 bits per heavy atom. The standard InChI is InChI=1S/C35H65N9O9/c1-3-4-5-6-7-8-9-10-11-12-13-14-15-18-28(47)41-26(17-16-21-39-35(36)37)32(51)42-27(19-20-30(49)50)33(52)43-31(24(2)46)34(53)40-25(23-45)22-29(48)44-38/h23-27,31,46H,3-22,38H2,1-2H3,(H,40,53)(H,41,47)(H,42,51)(H,43,52)(H,44,48)(H,49,50)(H4,36,37,39)/t24-,25+,26+,27+,31+/m1/s1. The van der Waals surface area contributed by atoms with E-state index in [0.29, 0.717) is 6.42 Å². The zero-order valence-corrected chi connectivity index (χ0v) is 31.5. The molecule has 13 N–H and O–H groups in total. The van der Waals surface area contributed by atoms with Crippen LogP contribution in [0, 0.1) is 0 Å². The van der Waals surface area contributed by atoms with Crippen molar-refractivity contribution >= 4 is 47.8 Å². The molecular formula is C35H65N9O9. The number of carbonyl (C=O) groups excluding carboxylic acids is 6. The van der Waals surface area contributed by atoms with Crippen LogP contribution < -0.4 is 44.0 Å². The Hall–Kier alpha value is -4.32. The van der Waals surface area contributed by atoms with Crippen LogP contribution in [0.3, 0.4) is 0 Å². The van der Waals surface area contributed by atoms with Gasteiger partial charge in [-0.1, -0.05) is 84.0 Å². The second-order valence-electron chi connectivity index (χ2n) is 13.3. The van der Waals surface area contributed by atoms with Crippen molar-refractivity contribution < 1.29 is 43.8 Å². The molecule has 0 heterocycles. The molecule has 0 fully saturated rings. The van der Waals surface area contributed by atoms with E-state index in [9.17, 15) is 43.8 Å². The van der Waals surface area contributed by atoms with Crippen molar-refractivity contribution in [1.29, 1.82) is 0 Å². The molecule has 5 atom stereocenters. The Morgan fingerprint density at radius 2 is 1.21 bits per heavy atom. The third-order valence-corrected chi connectivity index (χ3v) is 8.51. The summed E-state index contributed by atoms with van der Waals surface area (Å²) in [5.74, 6) is -0.369. The molecule has 5 amide bonds. The van der Waals surface area contributed by atoms with Gasteiger partial charge in [0.2, 0.25) is 29.5 Å². The van der Waals surface area contributed by atoms with Crippen LogP contribution in [0.2, 0.25) is 0 Å². The number of aliphatic carboxylic acids is 1. The van der Waals surface area contributed by atoms with Crippen LogP contribution in [0.4, 0.5) is 0 Å². The van der Waals surface area contributed by atoms with E-state index >= 15 is 0 Å². The first-order chi connectivity index (χ1) is 25.2. The molecular weight excluding hydrogens is 690 g/mol. The van der Waals surface area contributed by atoms with Gasteiger partial charge in [-0.15, -0.1) is 0 Å². The highest BCUT2D eigenvalue weighted by Crippen LogP contribution is 2.13. The number of rotatable bonds is 32. The number of aldehydes is 1.